The molecule has 0 bridgehead atoms. The van der Waals surface area contributed by atoms with Crippen LogP contribution in [0.5, 0.6) is 0 Å². The van der Waals surface area contributed by atoms with Gasteiger partial charge < -0.3 is 25.4 Å². The minimum absolute atomic E-state index is 0.00487. The van der Waals surface area contributed by atoms with Crippen LogP contribution in [0.15, 0.2) is 16.9 Å². The van der Waals surface area contributed by atoms with Crippen LogP contribution in [0.25, 0.3) is 0 Å². The summed E-state index contributed by atoms with van der Waals surface area (Å²) in [5.41, 5.74) is 4.78. The topological polar surface area (TPSA) is 175 Å². The van der Waals surface area contributed by atoms with Crippen LogP contribution in [0, 0.1) is 5.41 Å². The molecule has 3 aliphatic rings. The summed E-state index contributed by atoms with van der Waals surface area (Å²) in [5, 5.41) is 6.14. The zero-order valence-electron chi connectivity index (χ0n) is 21.5. The molecule has 38 heavy (non-hydrogen) atoms. The van der Waals surface area contributed by atoms with E-state index in [0.717, 1.165) is 37.2 Å². The number of amides is 2. The van der Waals surface area contributed by atoms with Crippen LogP contribution in [0.2, 0.25) is 0 Å². The quantitative estimate of drug-likeness (QED) is 0.153. The van der Waals surface area contributed by atoms with Gasteiger partial charge in [-0.05, 0) is 59.5 Å². The van der Waals surface area contributed by atoms with Gasteiger partial charge in [0.1, 0.15) is 23.2 Å². The highest BCUT2D eigenvalue weighted by Gasteiger charge is 2.54. The lowest BCUT2D eigenvalue weighted by Gasteiger charge is -2.49. The number of fused-ring (bicyclic) bond motifs is 1. The van der Waals surface area contributed by atoms with Crippen molar-refractivity contribution >= 4 is 57.9 Å². The van der Waals surface area contributed by atoms with Crippen molar-refractivity contribution in [3.8, 4) is 0 Å². The number of rotatable bonds is 8. The molecule has 0 radical (unpaired) electrons. The van der Waals surface area contributed by atoms with E-state index in [9.17, 15) is 19.2 Å². The molecule has 1 aromatic heterocycles. The highest BCUT2D eigenvalue weighted by molar-refractivity contribution is 8.00. The number of hydrogen-bond acceptors (Lipinski definition) is 13. The fourth-order valence-corrected chi connectivity index (χ4v) is 5.76. The van der Waals surface area contributed by atoms with Crippen LogP contribution in [-0.2, 0) is 33.5 Å². The van der Waals surface area contributed by atoms with Crippen molar-refractivity contribution in [3.05, 3.63) is 17.6 Å². The Morgan fingerprint density at radius 2 is 1.95 bits per heavy atom. The van der Waals surface area contributed by atoms with Gasteiger partial charge in [0.15, 0.2) is 5.13 Å². The van der Waals surface area contributed by atoms with Crippen molar-refractivity contribution in [1.29, 1.82) is 0 Å². The molecule has 2 fully saturated rings. The molecule has 2 amide bonds. The number of hydrogen-bond donors (Lipinski definition) is 2. The number of esters is 2. The summed E-state index contributed by atoms with van der Waals surface area (Å²) < 4.78 is 14.1. The number of oxime groups is 1. The molecule has 3 heterocycles. The first-order valence-corrected chi connectivity index (χ1v) is 13.9. The molecule has 1 saturated carbocycles. The summed E-state index contributed by atoms with van der Waals surface area (Å²) in [6.07, 6.45) is 5.19. The lowest BCUT2D eigenvalue weighted by molar-refractivity contribution is -0.173. The third-order valence-corrected chi connectivity index (χ3v) is 7.87. The number of ether oxygens (including phenoxy) is 2. The molecule has 1 aromatic rings. The predicted molar refractivity (Wildman–Crippen MR) is 138 cm³/mol. The second kappa shape index (κ2) is 11.3. The van der Waals surface area contributed by atoms with Gasteiger partial charge in [-0.3, -0.25) is 19.3 Å². The van der Waals surface area contributed by atoms with Crippen LogP contribution in [0.3, 0.4) is 0 Å². The molecule has 13 nitrogen and oxygen atoms in total. The van der Waals surface area contributed by atoms with Crippen molar-refractivity contribution in [2.45, 2.75) is 76.1 Å². The van der Waals surface area contributed by atoms with E-state index >= 15 is 0 Å². The monoisotopic (exact) mass is 566 g/mol. The van der Waals surface area contributed by atoms with Crippen LogP contribution < -0.4 is 11.1 Å². The first-order chi connectivity index (χ1) is 18.0. The molecule has 4 rings (SSSR count). The van der Waals surface area contributed by atoms with Gasteiger partial charge in [-0.15, -0.1) is 11.8 Å². The molecular weight excluding hydrogens is 536 g/mol. The van der Waals surface area contributed by atoms with Crippen LogP contribution in [-0.4, -0.2) is 73.3 Å². The second-order valence-electron chi connectivity index (χ2n) is 10.1. The Hall–Kier alpha value is -3.20. The molecule has 1 aliphatic carbocycles. The van der Waals surface area contributed by atoms with Crippen molar-refractivity contribution in [2.24, 2.45) is 10.6 Å². The van der Waals surface area contributed by atoms with E-state index in [1.807, 2.05) is 6.92 Å². The Balaban J connectivity index is 1.42. The van der Waals surface area contributed by atoms with Crippen molar-refractivity contribution in [3.63, 3.8) is 0 Å². The van der Waals surface area contributed by atoms with Crippen molar-refractivity contribution < 1.29 is 33.5 Å². The third-order valence-electron chi connectivity index (χ3n) is 6.00. The van der Waals surface area contributed by atoms with Gasteiger partial charge in [-0.1, -0.05) is 5.16 Å². The number of β-lactam (4-membered cyclic amide) rings is 1. The number of nitrogens with one attached hydrogen (secondary N) is 1. The van der Waals surface area contributed by atoms with Crippen molar-refractivity contribution in [1.82, 2.24) is 19.6 Å². The zero-order chi connectivity index (χ0) is 27.6. The fraction of sp³-hybridized carbons (Fsp3) is 0.609. The summed E-state index contributed by atoms with van der Waals surface area (Å²) >= 11 is 2.30. The van der Waals surface area contributed by atoms with Crippen LogP contribution in [0.4, 0.5) is 5.13 Å². The number of aromatic nitrogens is 2. The number of thioether (sulfide) groups is 1. The van der Waals surface area contributed by atoms with Gasteiger partial charge in [0.25, 0.3) is 11.8 Å². The standard InChI is InChI=1S/C23H30N6O7S2/c1-11-9-13(20(32)34-10-35-21(33)23(2,3)4)29-18(31)15(19(29)37-11)25-17(30)14(16-26-22(24)38-28-16)27-36-12-7-5-6-8-12/h9,11-12,15,19H,5-8,10H2,1-4H3,(H,25,30)(H2,24,26,28)/b27-14-/t11?,15?,19-/m1/s1. The Morgan fingerprint density at radius 3 is 2.58 bits per heavy atom. The molecule has 0 aromatic carbocycles. The summed E-state index contributed by atoms with van der Waals surface area (Å²) in [5.74, 6) is -2.53. The lowest BCUT2D eigenvalue weighted by Crippen LogP contribution is -2.71. The summed E-state index contributed by atoms with van der Waals surface area (Å²) in [6.45, 7) is 6.29. The SMILES string of the molecule is CC1C=C(C(=O)OCOC(=O)C(C)(C)C)N2C(=O)C(NC(=O)/C(=N\OC3CCCC3)c3nsc(N)n3)[C@H]2S1. The van der Waals surface area contributed by atoms with Gasteiger partial charge in [0.05, 0.1) is 5.41 Å². The Bertz CT molecular complexity index is 1170. The second-order valence-corrected chi connectivity index (χ2v) is 12.4. The Kier molecular flexibility index (Phi) is 8.25. The fourth-order valence-electron chi connectivity index (χ4n) is 3.99. The number of nitrogens with zero attached hydrogens (tertiary/aromatic N) is 4. The molecule has 15 heteroatoms. The highest BCUT2D eigenvalue weighted by atomic mass is 32.2. The largest absolute Gasteiger partial charge is 0.427 e. The van der Waals surface area contributed by atoms with E-state index < -0.39 is 47.4 Å². The normalized spacial score (nSPS) is 23.7. The smallest absolute Gasteiger partial charge is 0.357 e. The minimum atomic E-state index is -0.933. The van der Waals surface area contributed by atoms with Gasteiger partial charge in [0.2, 0.25) is 18.3 Å². The third kappa shape index (κ3) is 6.09. The molecule has 1 saturated heterocycles. The number of anilines is 1. The number of nitrogen functional groups attached to an aromatic ring is 1. The van der Waals surface area contributed by atoms with Gasteiger partial charge >= 0.3 is 11.9 Å². The molecule has 206 valence electrons. The molecule has 3 atom stereocenters. The van der Waals surface area contributed by atoms with Gasteiger partial charge in [0, 0.05) is 16.8 Å². The van der Waals surface area contributed by atoms with E-state index in [-0.39, 0.29) is 33.7 Å². The van der Waals surface area contributed by atoms with E-state index in [0.29, 0.717) is 0 Å². The summed E-state index contributed by atoms with van der Waals surface area (Å²) in [4.78, 5) is 61.7. The number of carbonyl (C=O) groups excluding carboxylic acids is 4. The average Bonchev–Trinajstić information content (AvgIpc) is 3.53. The first-order valence-electron chi connectivity index (χ1n) is 12.1. The minimum Gasteiger partial charge on any atom is -0.427 e. The molecule has 2 unspecified atom stereocenters. The average molecular weight is 567 g/mol. The molecule has 2 aliphatic heterocycles. The van der Waals surface area contributed by atoms with Crippen molar-refractivity contribution in [2.75, 3.05) is 12.5 Å². The van der Waals surface area contributed by atoms with E-state index in [1.165, 1.54) is 16.7 Å². The number of carbonyl (C=O) groups is 4. The van der Waals surface area contributed by atoms with Crippen LogP contribution in [0.1, 0.15) is 59.2 Å². The molecule has 0 spiro atoms. The summed E-state index contributed by atoms with van der Waals surface area (Å²) in [7, 11) is 0. The summed E-state index contributed by atoms with van der Waals surface area (Å²) in [6, 6.07) is -0.933. The van der Waals surface area contributed by atoms with Crippen LogP contribution >= 0.6 is 23.3 Å². The maximum Gasteiger partial charge on any atom is 0.357 e. The predicted octanol–water partition coefficient (Wildman–Crippen LogP) is 1.55. The van der Waals surface area contributed by atoms with E-state index in [2.05, 4.69) is 19.8 Å². The number of nitrogens with two attached hydrogens (primary N) is 1. The Morgan fingerprint density at radius 1 is 1.24 bits per heavy atom. The lowest BCUT2D eigenvalue weighted by atomic mass is 9.98. The van der Waals surface area contributed by atoms with E-state index in [1.54, 1.807) is 26.8 Å². The van der Waals surface area contributed by atoms with Gasteiger partial charge in [-0.2, -0.15) is 9.36 Å². The molecular formula is C23H30N6O7S2. The zero-order valence-corrected chi connectivity index (χ0v) is 23.1. The van der Waals surface area contributed by atoms with E-state index in [4.69, 9.17) is 20.0 Å². The maximum atomic E-state index is 13.2. The first kappa shape index (κ1) is 27.8. The molecule has 3 N–H and O–H groups in total. The Labute approximate surface area is 227 Å². The highest BCUT2D eigenvalue weighted by Crippen LogP contribution is 2.41. The maximum absolute atomic E-state index is 13.2. The van der Waals surface area contributed by atoms with Gasteiger partial charge in [-0.25, -0.2) is 4.79 Å².